The fourth-order valence-corrected chi connectivity index (χ4v) is 2.33. The van der Waals surface area contributed by atoms with Crippen molar-refractivity contribution in [1.82, 2.24) is 9.88 Å². The molecular formula is C13H17N3O. The number of carbonyl (C=O) groups excluding carboxylic acids is 1. The van der Waals surface area contributed by atoms with E-state index in [9.17, 15) is 4.79 Å². The van der Waals surface area contributed by atoms with Crippen LogP contribution < -0.4 is 5.32 Å². The van der Waals surface area contributed by atoms with E-state index in [2.05, 4.69) is 11.4 Å². The molecule has 0 aromatic carbocycles. The van der Waals surface area contributed by atoms with Gasteiger partial charge in [-0.05, 0) is 25.0 Å². The van der Waals surface area contributed by atoms with Gasteiger partial charge in [0.15, 0.2) is 0 Å². The summed E-state index contributed by atoms with van der Waals surface area (Å²) < 4.78 is 1.68. The maximum absolute atomic E-state index is 11.8. The van der Waals surface area contributed by atoms with E-state index < -0.39 is 0 Å². The zero-order chi connectivity index (χ0) is 12.1. The molecule has 1 aromatic heterocycles. The molecule has 90 valence electrons. The number of nitrogens with one attached hydrogen (secondary N) is 1. The Morgan fingerprint density at radius 1 is 1.47 bits per heavy atom. The van der Waals surface area contributed by atoms with Gasteiger partial charge in [0.25, 0.3) is 0 Å². The zero-order valence-corrected chi connectivity index (χ0v) is 9.85. The summed E-state index contributed by atoms with van der Waals surface area (Å²) in [6.07, 6.45) is 7.63. The molecule has 0 saturated heterocycles. The average molecular weight is 231 g/mol. The number of amides is 1. The van der Waals surface area contributed by atoms with Gasteiger partial charge in [0.05, 0.1) is 0 Å². The summed E-state index contributed by atoms with van der Waals surface area (Å²) in [5.41, 5.74) is 0.531. The minimum Gasteiger partial charge on any atom is -0.352 e. The van der Waals surface area contributed by atoms with Gasteiger partial charge >= 0.3 is 0 Å². The number of hydrogen-bond donors (Lipinski definition) is 1. The minimum atomic E-state index is 0.00426. The minimum absolute atomic E-state index is 0.00426. The van der Waals surface area contributed by atoms with Crippen molar-refractivity contribution in [3.63, 3.8) is 0 Å². The molecule has 1 aliphatic rings. The number of carbonyl (C=O) groups is 1. The van der Waals surface area contributed by atoms with Crippen molar-refractivity contribution in [2.75, 3.05) is 0 Å². The molecule has 0 bridgehead atoms. The third-order valence-corrected chi connectivity index (χ3v) is 3.23. The SMILES string of the molecule is N#Cc1cccn1CC(=O)NC1CCCCC1. The van der Waals surface area contributed by atoms with Crippen molar-refractivity contribution in [1.29, 1.82) is 5.26 Å². The first kappa shape index (κ1) is 11.7. The lowest BCUT2D eigenvalue weighted by Gasteiger charge is -2.22. The summed E-state index contributed by atoms with van der Waals surface area (Å²) in [4.78, 5) is 11.8. The Morgan fingerprint density at radius 2 is 2.24 bits per heavy atom. The van der Waals surface area contributed by atoms with E-state index in [4.69, 9.17) is 5.26 Å². The van der Waals surface area contributed by atoms with Gasteiger partial charge in [0.1, 0.15) is 18.3 Å². The molecule has 1 aromatic rings. The Balaban J connectivity index is 1.87. The van der Waals surface area contributed by atoms with Crippen LogP contribution in [0.2, 0.25) is 0 Å². The molecule has 0 unspecified atom stereocenters. The summed E-state index contributed by atoms with van der Waals surface area (Å²) in [6, 6.07) is 5.90. The highest BCUT2D eigenvalue weighted by Gasteiger charge is 2.16. The molecule has 1 heterocycles. The van der Waals surface area contributed by atoms with Crippen LogP contribution in [0.4, 0.5) is 0 Å². The standard InChI is InChI=1S/C13H17N3O/c14-9-12-7-4-8-16(12)10-13(17)15-11-5-2-1-3-6-11/h4,7-8,11H,1-3,5-6,10H2,(H,15,17). The van der Waals surface area contributed by atoms with Gasteiger partial charge < -0.3 is 9.88 Å². The van der Waals surface area contributed by atoms with Crippen LogP contribution in [0.15, 0.2) is 18.3 Å². The van der Waals surface area contributed by atoms with Crippen molar-refractivity contribution < 1.29 is 4.79 Å². The van der Waals surface area contributed by atoms with Crippen LogP contribution in [0.1, 0.15) is 37.8 Å². The second kappa shape index (κ2) is 5.53. The quantitative estimate of drug-likeness (QED) is 0.862. The first-order chi connectivity index (χ1) is 8.29. The van der Waals surface area contributed by atoms with Crippen molar-refractivity contribution in [2.24, 2.45) is 0 Å². The van der Waals surface area contributed by atoms with Crippen LogP contribution in [0.25, 0.3) is 0 Å². The molecule has 1 N–H and O–H groups in total. The van der Waals surface area contributed by atoms with Gasteiger partial charge in [0.2, 0.25) is 5.91 Å². The summed E-state index contributed by atoms with van der Waals surface area (Å²) in [5, 5.41) is 11.9. The Hall–Kier alpha value is -1.76. The third-order valence-electron chi connectivity index (χ3n) is 3.23. The maximum Gasteiger partial charge on any atom is 0.240 e. The highest BCUT2D eigenvalue weighted by Crippen LogP contribution is 2.17. The van der Waals surface area contributed by atoms with Gasteiger partial charge in [-0.15, -0.1) is 0 Å². The molecular weight excluding hydrogens is 214 g/mol. The molecule has 1 amide bonds. The normalized spacial score (nSPS) is 16.4. The van der Waals surface area contributed by atoms with Gasteiger partial charge in [-0.3, -0.25) is 4.79 Å². The second-order valence-electron chi connectivity index (χ2n) is 4.54. The topological polar surface area (TPSA) is 57.8 Å². The maximum atomic E-state index is 11.8. The van der Waals surface area contributed by atoms with Gasteiger partial charge in [-0.25, -0.2) is 0 Å². The first-order valence-corrected chi connectivity index (χ1v) is 6.14. The van der Waals surface area contributed by atoms with E-state index in [1.165, 1.54) is 19.3 Å². The summed E-state index contributed by atoms with van der Waals surface area (Å²) in [7, 11) is 0. The van der Waals surface area contributed by atoms with Crippen LogP contribution in [0.5, 0.6) is 0 Å². The number of nitriles is 1. The Bertz CT molecular complexity index is 424. The lowest BCUT2D eigenvalue weighted by Crippen LogP contribution is -2.38. The van der Waals surface area contributed by atoms with Crippen LogP contribution in [0, 0.1) is 11.3 Å². The molecule has 0 atom stereocenters. The fraction of sp³-hybridized carbons (Fsp3) is 0.538. The first-order valence-electron chi connectivity index (χ1n) is 6.14. The van der Waals surface area contributed by atoms with Crippen molar-refractivity contribution in [3.05, 3.63) is 24.0 Å². The van der Waals surface area contributed by atoms with Gasteiger partial charge in [-0.2, -0.15) is 5.26 Å². The van der Waals surface area contributed by atoms with E-state index in [0.717, 1.165) is 12.8 Å². The Morgan fingerprint density at radius 3 is 2.94 bits per heavy atom. The molecule has 1 aliphatic carbocycles. The molecule has 1 fully saturated rings. The van der Waals surface area contributed by atoms with Crippen molar-refractivity contribution >= 4 is 5.91 Å². The Labute approximate surface area is 101 Å². The van der Waals surface area contributed by atoms with Crippen LogP contribution in [-0.2, 0) is 11.3 Å². The highest BCUT2D eigenvalue weighted by atomic mass is 16.2. The lowest BCUT2D eigenvalue weighted by molar-refractivity contribution is -0.122. The second-order valence-corrected chi connectivity index (χ2v) is 4.54. The molecule has 4 heteroatoms. The third kappa shape index (κ3) is 3.10. The number of rotatable bonds is 3. The highest BCUT2D eigenvalue weighted by molar-refractivity contribution is 5.76. The summed E-state index contributed by atoms with van der Waals surface area (Å²) >= 11 is 0. The number of nitrogens with zero attached hydrogens (tertiary/aromatic N) is 2. The van der Waals surface area contributed by atoms with Crippen LogP contribution >= 0.6 is 0 Å². The molecule has 0 radical (unpaired) electrons. The summed E-state index contributed by atoms with van der Waals surface area (Å²) in [6.45, 7) is 0.242. The molecule has 4 nitrogen and oxygen atoms in total. The van der Waals surface area contributed by atoms with Crippen LogP contribution in [0.3, 0.4) is 0 Å². The molecule has 17 heavy (non-hydrogen) atoms. The smallest absolute Gasteiger partial charge is 0.240 e. The van der Waals surface area contributed by atoms with Gasteiger partial charge in [-0.1, -0.05) is 19.3 Å². The number of hydrogen-bond acceptors (Lipinski definition) is 2. The van der Waals surface area contributed by atoms with E-state index in [0.29, 0.717) is 11.7 Å². The molecule has 0 spiro atoms. The number of aromatic nitrogens is 1. The zero-order valence-electron chi connectivity index (χ0n) is 9.85. The van der Waals surface area contributed by atoms with Crippen molar-refractivity contribution in [3.8, 4) is 6.07 Å². The summed E-state index contributed by atoms with van der Waals surface area (Å²) in [5.74, 6) is 0.00426. The van der Waals surface area contributed by atoms with E-state index in [-0.39, 0.29) is 12.5 Å². The van der Waals surface area contributed by atoms with E-state index in [1.54, 1.807) is 22.9 Å². The van der Waals surface area contributed by atoms with Crippen molar-refractivity contribution in [2.45, 2.75) is 44.7 Å². The predicted molar refractivity (Wildman–Crippen MR) is 64.2 cm³/mol. The molecule has 2 rings (SSSR count). The monoisotopic (exact) mass is 231 g/mol. The molecule has 0 aliphatic heterocycles. The Kier molecular flexibility index (Phi) is 3.81. The van der Waals surface area contributed by atoms with E-state index in [1.807, 2.05) is 0 Å². The molecule has 1 saturated carbocycles. The average Bonchev–Trinajstić information content (AvgIpc) is 2.77. The largest absolute Gasteiger partial charge is 0.352 e. The van der Waals surface area contributed by atoms with E-state index >= 15 is 0 Å². The van der Waals surface area contributed by atoms with Crippen LogP contribution in [-0.4, -0.2) is 16.5 Å². The predicted octanol–water partition coefficient (Wildman–Crippen LogP) is 1.81. The lowest BCUT2D eigenvalue weighted by atomic mass is 9.95. The van der Waals surface area contributed by atoms with Gasteiger partial charge in [0, 0.05) is 12.2 Å². The fourth-order valence-electron chi connectivity index (χ4n) is 2.33.